The van der Waals surface area contributed by atoms with E-state index in [-0.39, 0.29) is 35.7 Å². The normalized spacial score (nSPS) is 11.6. The molecule has 9 heteroatoms. The Morgan fingerprint density at radius 3 is 2.42 bits per heavy atom. The molecule has 0 aliphatic heterocycles. The van der Waals surface area contributed by atoms with Crippen LogP contribution in [0.1, 0.15) is 5.56 Å². The van der Waals surface area contributed by atoms with Crippen molar-refractivity contribution in [2.45, 2.75) is 12.9 Å². The number of benzene rings is 2. The van der Waals surface area contributed by atoms with Crippen LogP contribution in [0, 0.1) is 0 Å². The first-order valence-corrected chi connectivity index (χ1v) is 7.28. The van der Waals surface area contributed by atoms with Crippen molar-refractivity contribution in [3.63, 3.8) is 0 Å². The van der Waals surface area contributed by atoms with Crippen molar-refractivity contribution in [1.82, 2.24) is 0 Å². The fourth-order valence-electron chi connectivity index (χ4n) is 1.74. The van der Waals surface area contributed by atoms with Crippen LogP contribution in [0.2, 0.25) is 0 Å². The number of halogens is 5. The highest BCUT2D eigenvalue weighted by molar-refractivity contribution is 14.0. The molecule has 0 bridgehead atoms. The van der Waals surface area contributed by atoms with Gasteiger partial charge in [0.05, 0.1) is 6.54 Å². The molecule has 4 nitrogen and oxygen atoms in total. The first kappa shape index (κ1) is 20.6. The number of alkyl halides is 3. The van der Waals surface area contributed by atoms with Crippen LogP contribution < -0.4 is 15.8 Å². The third kappa shape index (κ3) is 7.39. The van der Waals surface area contributed by atoms with Gasteiger partial charge < -0.3 is 15.8 Å². The zero-order valence-corrected chi connectivity index (χ0v) is 16.1. The lowest BCUT2D eigenvalue weighted by Gasteiger charge is -2.10. The maximum atomic E-state index is 12.1. The molecule has 0 aromatic heterocycles. The highest BCUT2D eigenvalue weighted by Gasteiger charge is 2.30. The standard InChI is InChI=1S/C15H13BrF3N3O.HI/c16-11-3-1-2-10(8-11)9-21-14(20)22-12-4-6-13(7-5-12)23-15(17,18)19;/h1-8H,9H2,(H3,20,21,22);1H. The summed E-state index contributed by atoms with van der Waals surface area (Å²) in [6.45, 7) is 0.382. The van der Waals surface area contributed by atoms with Crippen molar-refractivity contribution in [2.75, 3.05) is 5.32 Å². The molecule has 2 aromatic carbocycles. The van der Waals surface area contributed by atoms with E-state index in [0.29, 0.717) is 12.2 Å². The second kappa shape index (κ2) is 9.11. The highest BCUT2D eigenvalue weighted by atomic mass is 127. The molecule has 24 heavy (non-hydrogen) atoms. The molecule has 0 atom stereocenters. The van der Waals surface area contributed by atoms with E-state index in [1.54, 1.807) is 0 Å². The quantitative estimate of drug-likeness (QED) is 0.346. The average Bonchev–Trinajstić information content (AvgIpc) is 2.46. The maximum Gasteiger partial charge on any atom is 0.573 e. The van der Waals surface area contributed by atoms with Crippen molar-refractivity contribution in [1.29, 1.82) is 0 Å². The molecule has 2 rings (SSSR count). The zero-order chi connectivity index (χ0) is 16.9. The molecule has 0 amide bonds. The van der Waals surface area contributed by atoms with E-state index in [2.05, 4.69) is 31.0 Å². The Bertz CT molecular complexity index is 693. The Balaban J connectivity index is 0.00000288. The lowest BCUT2D eigenvalue weighted by Crippen LogP contribution is -2.22. The van der Waals surface area contributed by atoms with Crippen LogP contribution in [0.25, 0.3) is 0 Å². The second-order valence-electron chi connectivity index (χ2n) is 4.53. The van der Waals surface area contributed by atoms with Gasteiger partial charge in [0.2, 0.25) is 0 Å². The fraction of sp³-hybridized carbons (Fsp3) is 0.133. The fourth-order valence-corrected chi connectivity index (χ4v) is 2.19. The van der Waals surface area contributed by atoms with Gasteiger partial charge in [0.15, 0.2) is 5.96 Å². The molecule has 0 heterocycles. The van der Waals surface area contributed by atoms with Gasteiger partial charge in [-0.3, -0.25) is 0 Å². The van der Waals surface area contributed by atoms with Crippen molar-refractivity contribution >= 4 is 51.6 Å². The lowest BCUT2D eigenvalue weighted by molar-refractivity contribution is -0.274. The van der Waals surface area contributed by atoms with Crippen molar-refractivity contribution in [2.24, 2.45) is 10.7 Å². The molecule has 0 saturated heterocycles. The minimum Gasteiger partial charge on any atom is -0.406 e. The van der Waals surface area contributed by atoms with E-state index >= 15 is 0 Å². The summed E-state index contributed by atoms with van der Waals surface area (Å²) in [5.41, 5.74) is 7.23. The number of nitrogens with zero attached hydrogens (tertiary/aromatic N) is 1. The summed E-state index contributed by atoms with van der Waals surface area (Å²) >= 11 is 3.36. The molecule has 0 aliphatic rings. The molecule has 0 aliphatic carbocycles. The third-order valence-corrected chi connectivity index (χ3v) is 3.17. The smallest absolute Gasteiger partial charge is 0.406 e. The van der Waals surface area contributed by atoms with E-state index in [1.165, 1.54) is 24.3 Å². The lowest BCUT2D eigenvalue weighted by atomic mass is 10.2. The molecule has 3 N–H and O–H groups in total. The van der Waals surface area contributed by atoms with E-state index in [9.17, 15) is 13.2 Å². The summed E-state index contributed by atoms with van der Waals surface area (Å²) in [5, 5.41) is 2.80. The summed E-state index contributed by atoms with van der Waals surface area (Å²) in [5.74, 6) is -0.137. The first-order chi connectivity index (χ1) is 10.8. The van der Waals surface area contributed by atoms with Gasteiger partial charge in [-0.05, 0) is 42.0 Å². The Labute approximate surface area is 162 Å². The number of ether oxygens (including phenoxy) is 1. The van der Waals surface area contributed by atoms with Crippen LogP contribution in [-0.4, -0.2) is 12.3 Å². The van der Waals surface area contributed by atoms with E-state index in [0.717, 1.165) is 10.0 Å². The van der Waals surface area contributed by atoms with Crippen LogP contribution in [-0.2, 0) is 6.54 Å². The summed E-state index contributed by atoms with van der Waals surface area (Å²) in [6.07, 6.45) is -4.71. The molecule has 0 saturated carbocycles. The highest BCUT2D eigenvalue weighted by Crippen LogP contribution is 2.23. The van der Waals surface area contributed by atoms with Crippen molar-refractivity contribution < 1.29 is 17.9 Å². The Hall–Kier alpha value is -1.49. The predicted octanol–water partition coefficient (Wildman–Crippen LogP) is 4.89. The number of hydrogen-bond donors (Lipinski definition) is 2. The van der Waals surface area contributed by atoms with Crippen LogP contribution in [0.5, 0.6) is 5.75 Å². The number of guanidine groups is 1. The van der Waals surface area contributed by atoms with Gasteiger partial charge in [-0.15, -0.1) is 37.1 Å². The van der Waals surface area contributed by atoms with Crippen LogP contribution in [0.15, 0.2) is 58.0 Å². The van der Waals surface area contributed by atoms with Gasteiger partial charge in [0, 0.05) is 10.2 Å². The molecular weight excluding hydrogens is 502 g/mol. The monoisotopic (exact) mass is 515 g/mol. The summed E-state index contributed by atoms with van der Waals surface area (Å²) in [4.78, 5) is 4.16. The summed E-state index contributed by atoms with van der Waals surface area (Å²) in [6, 6.07) is 12.8. The Kier molecular flexibility index (Phi) is 7.80. The Morgan fingerprint density at radius 1 is 1.17 bits per heavy atom. The van der Waals surface area contributed by atoms with Gasteiger partial charge in [-0.2, -0.15) is 0 Å². The number of rotatable bonds is 4. The largest absolute Gasteiger partial charge is 0.573 e. The summed E-state index contributed by atoms with van der Waals surface area (Å²) in [7, 11) is 0. The molecule has 0 spiro atoms. The third-order valence-electron chi connectivity index (χ3n) is 2.68. The van der Waals surface area contributed by atoms with Gasteiger partial charge in [0.25, 0.3) is 0 Å². The van der Waals surface area contributed by atoms with E-state index < -0.39 is 6.36 Å². The van der Waals surface area contributed by atoms with Crippen LogP contribution in [0.4, 0.5) is 18.9 Å². The van der Waals surface area contributed by atoms with Crippen molar-refractivity contribution in [3.8, 4) is 5.75 Å². The maximum absolute atomic E-state index is 12.1. The van der Waals surface area contributed by atoms with Gasteiger partial charge in [0.1, 0.15) is 5.75 Å². The second-order valence-corrected chi connectivity index (χ2v) is 5.44. The molecular formula is C15H14BrF3IN3O. The minimum absolute atomic E-state index is 0. The van der Waals surface area contributed by atoms with E-state index in [4.69, 9.17) is 5.73 Å². The molecule has 0 radical (unpaired) electrons. The zero-order valence-electron chi connectivity index (χ0n) is 12.2. The number of anilines is 1. The van der Waals surface area contributed by atoms with Gasteiger partial charge >= 0.3 is 6.36 Å². The van der Waals surface area contributed by atoms with E-state index in [1.807, 2.05) is 24.3 Å². The number of hydrogen-bond acceptors (Lipinski definition) is 2. The molecule has 2 aromatic rings. The number of aliphatic imine (C=N–C) groups is 1. The molecule has 0 unspecified atom stereocenters. The average molecular weight is 516 g/mol. The van der Waals surface area contributed by atoms with Crippen molar-refractivity contribution in [3.05, 3.63) is 58.6 Å². The van der Waals surface area contributed by atoms with Gasteiger partial charge in [-0.25, -0.2) is 4.99 Å². The van der Waals surface area contributed by atoms with Gasteiger partial charge in [-0.1, -0.05) is 28.1 Å². The van der Waals surface area contributed by atoms with Crippen LogP contribution >= 0.6 is 39.9 Å². The number of nitrogens with two attached hydrogens (primary N) is 1. The van der Waals surface area contributed by atoms with Crippen LogP contribution in [0.3, 0.4) is 0 Å². The SMILES string of the molecule is I.NC(=NCc1cccc(Br)c1)Nc1ccc(OC(F)(F)F)cc1. The predicted molar refractivity (Wildman–Crippen MR) is 102 cm³/mol. The molecule has 130 valence electrons. The minimum atomic E-state index is -4.71. The molecule has 0 fully saturated rings. The number of nitrogens with one attached hydrogen (secondary N) is 1. The topological polar surface area (TPSA) is 59.6 Å². The summed E-state index contributed by atoms with van der Waals surface area (Å²) < 4.78 is 40.9. The Morgan fingerprint density at radius 2 is 1.83 bits per heavy atom. The first-order valence-electron chi connectivity index (χ1n) is 6.49.